The molecule has 88 valence electrons. The van der Waals surface area contributed by atoms with E-state index in [1.807, 2.05) is 31.2 Å². The van der Waals surface area contributed by atoms with Crippen molar-refractivity contribution in [2.24, 2.45) is 0 Å². The van der Waals surface area contributed by atoms with Crippen molar-refractivity contribution < 1.29 is 9.59 Å². The molecule has 1 aromatic carbocycles. The van der Waals surface area contributed by atoms with Crippen LogP contribution in [0.1, 0.15) is 31.4 Å². The van der Waals surface area contributed by atoms with Crippen LogP contribution in [0.4, 0.5) is 0 Å². The Morgan fingerprint density at radius 2 is 1.88 bits per heavy atom. The Labute approximate surface area is 101 Å². The summed E-state index contributed by atoms with van der Waals surface area (Å²) in [5, 5.41) is 2.30. The maximum Gasteiger partial charge on any atom is 0.254 e. The van der Waals surface area contributed by atoms with Gasteiger partial charge in [-0.2, -0.15) is 0 Å². The Kier molecular flexibility index (Phi) is 3.09. The molecule has 1 aliphatic heterocycles. The van der Waals surface area contributed by atoms with Crippen LogP contribution in [0.25, 0.3) is 5.57 Å². The van der Waals surface area contributed by atoms with E-state index in [9.17, 15) is 9.59 Å². The smallest absolute Gasteiger partial charge is 0.254 e. The van der Waals surface area contributed by atoms with E-state index in [0.29, 0.717) is 5.57 Å². The average molecular weight is 229 g/mol. The van der Waals surface area contributed by atoms with E-state index in [2.05, 4.69) is 12.2 Å². The number of allylic oxidation sites excluding steroid dienone is 1. The van der Waals surface area contributed by atoms with Crippen LogP contribution < -0.4 is 5.32 Å². The lowest BCUT2D eigenvalue weighted by molar-refractivity contribution is -0.124. The summed E-state index contributed by atoms with van der Waals surface area (Å²) in [5.41, 5.74) is 3.73. The Morgan fingerprint density at radius 1 is 1.24 bits per heavy atom. The fourth-order valence-corrected chi connectivity index (χ4v) is 1.95. The molecule has 3 heteroatoms. The largest absolute Gasteiger partial charge is 0.292 e. The van der Waals surface area contributed by atoms with E-state index in [1.165, 1.54) is 5.56 Å². The summed E-state index contributed by atoms with van der Waals surface area (Å²) in [5.74, 6) is -0.471. The van der Waals surface area contributed by atoms with Gasteiger partial charge >= 0.3 is 0 Å². The third kappa shape index (κ3) is 2.28. The average Bonchev–Trinajstić information content (AvgIpc) is 2.68. The molecule has 1 N–H and O–H groups in total. The first-order valence-electron chi connectivity index (χ1n) is 5.75. The van der Waals surface area contributed by atoms with Gasteiger partial charge in [-0.3, -0.25) is 14.9 Å². The number of aryl methyl sites for hydroxylation is 1. The highest BCUT2D eigenvalue weighted by Gasteiger charge is 2.25. The van der Waals surface area contributed by atoms with Crippen LogP contribution in [-0.2, 0) is 16.0 Å². The van der Waals surface area contributed by atoms with Crippen molar-refractivity contribution in [2.45, 2.75) is 26.7 Å². The molecule has 2 amide bonds. The molecule has 1 saturated heterocycles. The molecule has 0 aromatic heterocycles. The second-order valence-electron chi connectivity index (χ2n) is 4.21. The van der Waals surface area contributed by atoms with Gasteiger partial charge in [0, 0.05) is 5.57 Å². The van der Waals surface area contributed by atoms with Crippen molar-refractivity contribution in [1.82, 2.24) is 5.32 Å². The van der Waals surface area contributed by atoms with E-state index in [4.69, 9.17) is 0 Å². The van der Waals surface area contributed by atoms with E-state index in [0.717, 1.165) is 17.6 Å². The molecule has 1 fully saturated rings. The molecule has 2 rings (SSSR count). The molecule has 0 aliphatic carbocycles. The molecule has 1 aliphatic rings. The van der Waals surface area contributed by atoms with Gasteiger partial charge in [-0.15, -0.1) is 0 Å². The number of amides is 2. The summed E-state index contributed by atoms with van der Waals surface area (Å²) in [4.78, 5) is 22.7. The Hall–Kier alpha value is -1.90. The van der Waals surface area contributed by atoms with Crippen LogP contribution in [0, 0.1) is 0 Å². The molecule has 0 bridgehead atoms. The quantitative estimate of drug-likeness (QED) is 0.623. The van der Waals surface area contributed by atoms with Crippen molar-refractivity contribution in [1.29, 1.82) is 0 Å². The second kappa shape index (κ2) is 4.53. The Bertz CT molecular complexity index is 497. The number of hydrogen-bond donors (Lipinski definition) is 1. The van der Waals surface area contributed by atoms with Crippen LogP contribution in [-0.4, -0.2) is 11.8 Å². The highest BCUT2D eigenvalue weighted by molar-refractivity contribution is 6.17. The summed E-state index contributed by atoms with van der Waals surface area (Å²) in [7, 11) is 0. The van der Waals surface area contributed by atoms with Gasteiger partial charge in [0.25, 0.3) is 5.91 Å². The topological polar surface area (TPSA) is 46.2 Å². The number of carbonyl (C=O) groups excluding carboxylic acids is 2. The highest BCUT2D eigenvalue weighted by atomic mass is 16.2. The van der Waals surface area contributed by atoms with Crippen LogP contribution in [0.2, 0.25) is 0 Å². The molecule has 3 nitrogen and oxygen atoms in total. The summed E-state index contributed by atoms with van der Waals surface area (Å²) in [6.45, 7) is 3.98. The maximum atomic E-state index is 11.5. The zero-order valence-corrected chi connectivity index (χ0v) is 10.0. The molecule has 0 spiro atoms. The number of nitrogens with one attached hydrogen (secondary N) is 1. The normalized spacial score (nSPS) is 18.2. The van der Waals surface area contributed by atoms with Crippen molar-refractivity contribution in [3.8, 4) is 0 Å². The number of imide groups is 1. The Balaban J connectivity index is 2.35. The molecule has 1 heterocycles. The van der Waals surface area contributed by atoms with Gasteiger partial charge in [0.1, 0.15) is 0 Å². The fourth-order valence-electron chi connectivity index (χ4n) is 1.95. The van der Waals surface area contributed by atoms with Crippen LogP contribution >= 0.6 is 0 Å². The van der Waals surface area contributed by atoms with Gasteiger partial charge in [-0.1, -0.05) is 31.2 Å². The molecule has 0 radical (unpaired) electrons. The summed E-state index contributed by atoms with van der Waals surface area (Å²) < 4.78 is 0. The minimum Gasteiger partial charge on any atom is -0.292 e. The molecule has 0 atom stereocenters. The van der Waals surface area contributed by atoms with Gasteiger partial charge in [0.15, 0.2) is 0 Å². The number of rotatable bonds is 2. The molecule has 1 aromatic rings. The van der Waals surface area contributed by atoms with Crippen molar-refractivity contribution in [3.05, 3.63) is 41.0 Å². The highest BCUT2D eigenvalue weighted by Crippen LogP contribution is 2.23. The lowest BCUT2D eigenvalue weighted by Gasteiger charge is -2.05. The first-order valence-corrected chi connectivity index (χ1v) is 5.75. The van der Waals surface area contributed by atoms with Gasteiger partial charge in [-0.05, 0) is 30.0 Å². The van der Waals surface area contributed by atoms with E-state index < -0.39 is 0 Å². The standard InChI is InChI=1S/C14H15NO2/c1-3-10-4-6-11(7-5-10)9(2)12-8-13(16)15-14(12)17/h4-7H,3,8H2,1-2H3,(H,15,16,17). The second-order valence-corrected chi connectivity index (χ2v) is 4.21. The number of benzene rings is 1. The maximum absolute atomic E-state index is 11.5. The molecule has 0 saturated carbocycles. The molecule has 0 unspecified atom stereocenters. The lowest BCUT2D eigenvalue weighted by Crippen LogP contribution is -2.19. The fraction of sp³-hybridized carbons (Fsp3) is 0.286. The van der Waals surface area contributed by atoms with E-state index in [1.54, 1.807) is 0 Å². The molecule has 17 heavy (non-hydrogen) atoms. The van der Waals surface area contributed by atoms with Gasteiger partial charge < -0.3 is 0 Å². The Morgan fingerprint density at radius 3 is 2.35 bits per heavy atom. The lowest BCUT2D eigenvalue weighted by atomic mass is 9.99. The molecular formula is C14H15NO2. The van der Waals surface area contributed by atoms with Crippen molar-refractivity contribution >= 4 is 17.4 Å². The van der Waals surface area contributed by atoms with E-state index >= 15 is 0 Å². The first kappa shape index (κ1) is 11.6. The third-order valence-corrected chi connectivity index (χ3v) is 3.11. The van der Waals surface area contributed by atoms with Gasteiger partial charge in [0.2, 0.25) is 5.91 Å². The molecular weight excluding hydrogens is 214 g/mol. The van der Waals surface area contributed by atoms with Crippen molar-refractivity contribution in [2.75, 3.05) is 0 Å². The zero-order chi connectivity index (χ0) is 12.4. The number of carbonyl (C=O) groups is 2. The van der Waals surface area contributed by atoms with Crippen LogP contribution in [0.15, 0.2) is 29.8 Å². The predicted octanol–water partition coefficient (Wildman–Crippen LogP) is 2.07. The summed E-state index contributed by atoms with van der Waals surface area (Å²) in [6, 6.07) is 8.09. The van der Waals surface area contributed by atoms with E-state index in [-0.39, 0.29) is 18.2 Å². The van der Waals surface area contributed by atoms with Gasteiger partial charge in [0.05, 0.1) is 6.42 Å². The van der Waals surface area contributed by atoms with Crippen LogP contribution in [0.3, 0.4) is 0 Å². The minimum atomic E-state index is -0.257. The number of hydrogen-bond acceptors (Lipinski definition) is 2. The van der Waals surface area contributed by atoms with Crippen LogP contribution in [0.5, 0.6) is 0 Å². The first-order chi connectivity index (χ1) is 8.11. The zero-order valence-electron chi connectivity index (χ0n) is 10.0. The third-order valence-electron chi connectivity index (χ3n) is 3.11. The monoisotopic (exact) mass is 229 g/mol. The minimum absolute atomic E-state index is 0.195. The van der Waals surface area contributed by atoms with Crippen molar-refractivity contribution in [3.63, 3.8) is 0 Å². The van der Waals surface area contributed by atoms with Gasteiger partial charge in [-0.25, -0.2) is 0 Å². The summed E-state index contributed by atoms with van der Waals surface area (Å²) >= 11 is 0. The summed E-state index contributed by atoms with van der Waals surface area (Å²) in [6.07, 6.45) is 1.19. The SMILES string of the molecule is CCc1ccc(C(C)=C2CC(=O)NC2=O)cc1. The predicted molar refractivity (Wildman–Crippen MR) is 66.2 cm³/mol.